The molecule has 3 aromatic rings. The summed E-state index contributed by atoms with van der Waals surface area (Å²) in [6.07, 6.45) is 0. The van der Waals surface area contributed by atoms with Gasteiger partial charge in [-0.3, -0.25) is 4.79 Å². The summed E-state index contributed by atoms with van der Waals surface area (Å²) in [6, 6.07) is 16.4. The Bertz CT molecular complexity index is 846. The molecule has 0 spiro atoms. The minimum atomic E-state index is 0.122. The summed E-state index contributed by atoms with van der Waals surface area (Å²) >= 11 is 1.81. The molecule has 0 aliphatic carbocycles. The Hall–Kier alpha value is -2.24. The van der Waals surface area contributed by atoms with Crippen molar-refractivity contribution in [3.8, 4) is 0 Å². The molecule has 0 bridgehead atoms. The molecule has 2 heterocycles. The summed E-state index contributed by atoms with van der Waals surface area (Å²) < 4.78 is 1.28. The van der Waals surface area contributed by atoms with Gasteiger partial charge in [0.05, 0.1) is 36.4 Å². The average Bonchev–Trinajstić information content (AvgIpc) is 3.05. The summed E-state index contributed by atoms with van der Waals surface area (Å²) in [5, 5.41) is 1.23. The van der Waals surface area contributed by atoms with Crippen LogP contribution in [0.5, 0.6) is 0 Å². The molecule has 1 aliphatic heterocycles. The second-order valence-corrected chi connectivity index (χ2v) is 7.71. The highest BCUT2D eigenvalue weighted by molar-refractivity contribution is 7.18. The third-order valence-electron chi connectivity index (χ3n) is 4.85. The van der Waals surface area contributed by atoms with E-state index in [1.165, 1.54) is 15.4 Å². The standard InChI is InChI=1S/C20H21N3OS/c1-15(24)16-6-8-17(9-7-16)23-12-10-22(11-13-23)14-20-21-18-4-2-3-5-19(18)25-20/h2-9H,10-14H2,1H3/p+1. The van der Waals surface area contributed by atoms with Gasteiger partial charge in [-0.05, 0) is 43.3 Å². The van der Waals surface area contributed by atoms with Crippen molar-refractivity contribution >= 4 is 33.0 Å². The zero-order valence-corrected chi connectivity index (χ0v) is 15.2. The molecule has 1 aromatic heterocycles. The summed E-state index contributed by atoms with van der Waals surface area (Å²) in [7, 11) is 0. The number of carbonyl (C=O) groups excluding carboxylic acids is 1. The third-order valence-corrected chi connectivity index (χ3v) is 5.89. The van der Waals surface area contributed by atoms with E-state index in [9.17, 15) is 4.79 Å². The SMILES string of the molecule is CC(=O)c1ccc(N2CC[NH+](Cc3nc4ccccc4s3)CC2)cc1. The maximum Gasteiger partial charge on any atom is 0.159 e. The van der Waals surface area contributed by atoms with Gasteiger partial charge in [0, 0.05) is 11.3 Å². The molecule has 0 unspecified atom stereocenters. The largest absolute Gasteiger partial charge is 0.360 e. The molecule has 0 atom stereocenters. The number of quaternary nitrogens is 1. The first-order chi connectivity index (χ1) is 12.2. The van der Waals surface area contributed by atoms with Gasteiger partial charge in [0.2, 0.25) is 0 Å². The molecule has 4 nitrogen and oxygen atoms in total. The van der Waals surface area contributed by atoms with E-state index in [1.807, 2.05) is 23.5 Å². The second kappa shape index (κ2) is 6.94. The quantitative estimate of drug-likeness (QED) is 0.733. The highest BCUT2D eigenvalue weighted by Crippen LogP contribution is 2.21. The van der Waals surface area contributed by atoms with Crippen LogP contribution in [0.15, 0.2) is 48.5 Å². The van der Waals surface area contributed by atoms with Crippen molar-refractivity contribution in [3.63, 3.8) is 0 Å². The third kappa shape index (κ3) is 3.57. The van der Waals surface area contributed by atoms with Crippen LogP contribution in [-0.4, -0.2) is 36.9 Å². The molecule has 0 saturated carbocycles. The zero-order valence-electron chi connectivity index (χ0n) is 14.4. The van der Waals surface area contributed by atoms with Gasteiger partial charge in [0.15, 0.2) is 5.78 Å². The molecular formula is C20H22N3OS+. The minimum absolute atomic E-state index is 0.122. The van der Waals surface area contributed by atoms with Gasteiger partial charge in [-0.1, -0.05) is 12.1 Å². The van der Waals surface area contributed by atoms with Crippen LogP contribution in [0.2, 0.25) is 0 Å². The van der Waals surface area contributed by atoms with Crippen molar-refractivity contribution in [2.45, 2.75) is 13.5 Å². The number of carbonyl (C=O) groups is 1. The van der Waals surface area contributed by atoms with Crippen LogP contribution in [0.4, 0.5) is 5.69 Å². The van der Waals surface area contributed by atoms with Crippen molar-refractivity contribution in [3.05, 3.63) is 59.1 Å². The number of aromatic nitrogens is 1. The Labute approximate surface area is 151 Å². The maximum absolute atomic E-state index is 11.4. The lowest BCUT2D eigenvalue weighted by Crippen LogP contribution is -3.13. The number of anilines is 1. The number of hydrogen-bond donors (Lipinski definition) is 1. The number of hydrogen-bond acceptors (Lipinski definition) is 4. The topological polar surface area (TPSA) is 37.6 Å². The van der Waals surface area contributed by atoms with Crippen LogP contribution in [0.25, 0.3) is 10.2 Å². The molecule has 128 valence electrons. The van der Waals surface area contributed by atoms with Gasteiger partial charge < -0.3 is 9.80 Å². The van der Waals surface area contributed by atoms with E-state index in [2.05, 4.69) is 41.3 Å². The number of rotatable bonds is 4. The van der Waals surface area contributed by atoms with E-state index in [0.29, 0.717) is 0 Å². The highest BCUT2D eigenvalue weighted by atomic mass is 32.1. The summed E-state index contributed by atoms with van der Waals surface area (Å²) in [6.45, 7) is 6.93. The van der Waals surface area contributed by atoms with Crippen molar-refractivity contribution in [2.75, 3.05) is 31.1 Å². The molecular weight excluding hydrogens is 330 g/mol. The number of Topliss-reactive ketones (excluding diaryl/α,β-unsaturated/α-hetero) is 1. The molecule has 0 radical (unpaired) electrons. The Morgan fingerprint density at radius 3 is 2.52 bits per heavy atom. The molecule has 5 heteroatoms. The van der Waals surface area contributed by atoms with Crippen LogP contribution in [0.1, 0.15) is 22.3 Å². The van der Waals surface area contributed by atoms with Crippen molar-refractivity contribution < 1.29 is 9.69 Å². The fourth-order valence-corrected chi connectivity index (χ4v) is 4.41. The lowest BCUT2D eigenvalue weighted by Gasteiger charge is -2.33. The van der Waals surface area contributed by atoms with Crippen LogP contribution in [0.3, 0.4) is 0 Å². The molecule has 1 aliphatic rings. The molecule has 4 rings (SSSR count). The molecule has 2 aromatic carbocycles. The van der Waals surface area contributed by atoms with Crippen LogP contribution < -0.4 is 9.80 Å². The number of benzene rings is 2. The van der Waals surface area contributed by atoms with E-state index in [4.69, 9.17) is 4.98 Å². The molecule has 0 amide bonds. The predicted molar refractivity (Wildman–Crippen MR) is 103 cm³/mol. The van der Waals surface area contributed by atoms with Crippen molar-refractivity contribution in [2.24, 2.45) is 0 Å². The summed E-state index contributed by atoms with van der Waals surface area (Å²) in [5.74, 6) is 0.122. The predicted octanol–water partition coefficient (Wildman–Crippen LogP) is 2.40. The molecule has 1 N–H and O–H groups in total. The van der Waals surface area contributed by atoms with E-state index in [-0.39, 0.29) is 5.78 Å². The van der Waals surface area contributed by atoms with E-state index in [1.54, 1.807) is 11.8 Å². The summed E-state index contributed by atoms with van der Waals surface area (Å²) in [4.78, 5) is 20.2. The monoisotopic (exact) mass is 352 g/mol. The van der Waals surface area contributed by atoms with Gasteiger partial charge in [0.1, 0.15) is 11.6 Å². The van der Waals surface area contributed by atoms with Crippen molar-refractivity contribution in [1.29, 1.82) is 0 Å². The first-order valence-corrected chi connectivity index (χ1v) is 9.55. The molecule has 1 saturated heterocycles. The van der Waals surface area contributed by atoms with E-state index < -0.39 is 0 Å². The van der Waals surface area contributed by atoms with Gasteiger partial charge >= 0.3 is 0 Å². The number of nitrogens with one attached hydrogen (secondary N) is 1. The van der Waals surface area contributed by atoms with Crippen LogP contribution in [-0.2, 0) is 6.54 Å². The number of piperazine rings is 1. The maximum atomic E-state index is 11.4. The van der Waals surface area contributed by atoms with Crippen LogP contribution in [0, 0.1) is 0 Å². The van der Waals surface area contributed by atoms with Gasteiger partial charge in [0.25, 0.3) is 0 Å². The lowest BCUT2D eigenvalue weighted by molar-refractivity contribution is -0.914. The first kappa shape index (κ1) is 16.2. The number of ketones is 1. The van der Waals surface area contributed by atoms with Gasteiger partial charge in [-0.2, -0.15) is 0 Å². The Balaban J connectivity index is 1.37. The fourth-order valence-electron chi connectivity index (χ4n) is 3.37. The van der Waals surface area contributed by atoms with Crippen molar-refractivity contribution in [1.82, 2.24) is 4.98 Å². The van der Waals surface area contributed by atoms with Gasteiger partial charge in [-0.15, -0.1) is 11.3 Å². The van der Waals surface area contributed by atoms with E-state index in [0.717, 1.165) is 43.8 Å². The number of thiazole rings is 1. The highest BCUT2D eigenvalue weighted by Gasteiger charge is 2.21. The zero-order chi connectivity index (χ0) is 17.2. The lowest BCUT2D eigenvalue weighted by atomic mass is 10.1. The number of para-hydroxylation sites is 1. The second-order valence-electron chi connectivity index (χ2n) is 6.59. The average molecular weight is 352 g/mol. The first-order valence-electron chi connectivity index (χ1n) is 8.73. The molecule has 1 fully saturated rings. The minimum Gasteiger partial charge on any atom is -0.360 e. The Morgan fingerprint density at radius 1 is 1.12 bits per heavy atom. The normalized spacial score (nSPS) is 15.6. The van der Waals surface area contributed by atoms with E-state index >= 15 is 0 Å². The Kier molecular flexibility index (Phi) is 4.51. The number of nitrogens with zero attached hydrogens (tertiary/aromatic N) is 2. The fraction of sp³-hybridized carbons (Fsp3) is 0.300. The number of fused-ring (bicyclic) bond motifs is 1. The van der Waals surface area contributed by atoms with Gasteiger partial charge in [-0.25, -0.2) is 4.98 Å². The Morgan fingerprint density at radius 2 is 1.84 bits per heavy atom. The smallest absolute Gasteiger partial charge is 0.159 e. The summed E-state index contributed by atoms with van der Waals surface area (Å²) in [5.41, 5.74) is 3.11. The van der Waals surface area contributed by atoms with Crippen LogP contribution >= 0.6 is 11.3 Å². The molecule has 25 heavy (non-hydrogen) atoms.